The van der Waals surface area contributed by atoms with Gasteiger partial charge in [0, 0.05) is 12.1 Å². The number of likely N-dealkylation sites (tertiary alicyclic amines) is 1. The van der Waals surface area contributed by atoms with Crippen LogP contribution in [-0.2, 0) is 0 Å². The van der Waals surface area contributed by atoms with Crippen LogP contribution in [0.4, 0.5) is 0 Å². The average Bonchev–Trinajstić information content (AvgIpc) is 2.94. The highest BCUT2D eigenvalue weighted by atomic mass is 35.5. The normalized spacial score (nSPS) is 15.1. The molecule has 0 unspecified atom stereocenters. The SMILES string of the molecule is CCOc1cc(C(N)=S)cc(Cl)c1OCCN1CCCC1. The summed E-state index contributed by atoms with van der Waals surface area (Å²) in [4.78, 5) is 2.68. The third-order valence-corrected chi connectivity index (χ3v) is 3.96. The number of thiocarbonyl (C=S) groups is 1. The molecule has 21 heavy (non-hydrogen) atoms. The molecule has 1 saturated heterocycles. The zero-order chi connectivity index (χ0) is 15.2. The summed E-state index contributed by atoms with van der Waals surface area (Å²) in [5, 5.41) is 0.477. The van der Waals surface area contributed by atoms with Crippen LogP contribution < -0.4 is 15.2 Å². The quantitative estimate of drug-likeness (QED) is 0.780. The van der Waals surface area contributed by atoms with Gasteiger partial charge in [-0.2, -0.15) is 0 Å². The van der Waals surface area contributed by atoms with E-state index in [4.69, 9.17) is 39.0 Å². The van der Waals surface area contributed by atoms with Gasteiger partial charge in [-0.15, -0.1) is 0 Å². The summed E-state index contributed by atoms with van der Waals surface area (Å²) in [6.07, 6.45) is 2.54. The number of hydrogen-bond donors (Lipinski definition) is 1. The minimum atomic E-state index is 0.293. The molecule has 1 heterocycles. The summed E-state index contributed by atoms with van der Waals surface area (Å²) >= 11 is 11.3. The first-order valence-electron chi connectivity index (χ1n) is 7.23. The van der Waals surface area contributed by atoms with E-state index < -0.39 is 0 Å². The molecule has 1 aromatic carbocycles. The van der Waals surface area contributed by atoms with Crippen molar-refractivity contribution in [1.82, 2.24) is 4.90 Å². The second kappa shape index (κ2) is 7.82. The molecule has 116 valence electrons. The van der Waals surface area contributed by atoms with Gasteiger partial charge in [0.15, 0.2) is 11.5 Å². The summed E-state index contributed by atoms with van der Waals surface area (Å²) in [7, 11) is 0. The molecule has 0 spiro atoms. The molecule has 0 atom stereocenters. The van der Waals surface area contributed by atoms with Crippen LogP contribution in [0.5, 0.6) is 11.5 Å². The zero-order valence-electron chi connectivity index (χ0n) is 12.2. The molecular weight excluding hydrogens is 308 g/mol. The van der Waals surface area contributed by atoms with Crippen molar-refractivity contribution in [2.75, 3.05) is 32.8 Å². The van der Waals surface area contributed by atoms with Crippen molar-refractivity contribution in [3.05, 3.63) is 22.7 Å². The smallest absolute Gasteiger partial charge is 0.179 e. The minimum Gasteiger partial charge on any atom is -0.490 e. The van der Waals surface area contributed by atoms with Crippen molar-refractivity contribution >= 4 is 28.8 Å². The van der Waals surface area contributed by atoms with Gasteiger partial charge in [-0.05, 0) is 45.0 Å². The summed E-state index contributed by atoms with van der Waals surface area (Å²) in [6.45, 7) is 6.23. The average molecular weight is 329 g/mol. The van der Waals surface area contributed by atoms with E-state index in [9.17, 15) is 0 Å². The molecule has 1 aliphatic heterocycles. The fraction of sp³-hybridized carbons (Fsp3) is 0.533. The van der Waals surface area contributed by atoms with E-state index in [0.29, 0.717) is 40.3 Å². The highest BCUT2D eigenvalue weighted by Gasteiger charge is 2.15. The van der Waals surface area contributed by atoms with Gasteiger partial charge in [-0.1, -0.05) is 23.8 Å². The Balaban J connectivity index is 2.06. The number of benzene rings is 1. The summed E-state index contributed by atoms with van der Waals surface area (Å²) in [5.41, 5.74) is 6.34. The summed E-state index contributed by atoms with van der Waals surface area (Å²) < 4.78 is 11.4. The van der Waals surface area contributed by atoms with Crippen LogP contribution >= 0.6 is 23.8 Å². The highest BCUT2D eigenvalue weighted by molar-refractivity contribution is 7.80. The van der Waals surface area contributed by atoms with Crippen molar-refractivity contribution in [3.63, 3.8) is 0 Å². The second-order valence-corrected chi connectivity index (χ2v) is 5.83. The molecule has 0 bridgehead atoms. The van der Waals surface area contributed by atoms with E-state index >= 15 is 0 Å². The van der Waals surface area contributed by atoms with Crippen molar-refractivity contribution in [1.29, 1.82) is 0 Å². The maximum atomic E-state index is 6.28. The van der Waals surface area contributed by atoms with Gasteiger partial charge in [0.2, 0.25) is 0 Å². The van der Waals surface area contributed by atoms with Crippen LogP contribution in [0.25, 0.3) is 0 Å². The second-order valence-electron chi connectivity index (χ2n) is 4.98. The molecule has 1 fully saturated rings. The van der Waals surface area contributed by atoms with Crippen LogP contribution in [0.3, 0.4) is 0 Å². The number of rotatable bonds is 7. The number of hydrogen-bond acceptors (Lipinski definition) is 4. The van der Waals surface area contributed by atoms with E-state index in [-0.39, 0.29) is 0 Å². The standard InChI is InChI=1S/C15H21ClN2O2S/c1-2-19-13-10-11(15(17)21)9-12(16)14(13)20-8-7-18-5-3-4-6-18/h9-10H,2-8H2,1H3,(H2,17,21). The molecular formula is C15H21ClN2O2S. The maximum absolute atomic E-state index is 6.28. The fourth-order valence-electron chi connectivity index (χ4n) is 2.40. The van der Waals surface area contributed by atoms with Crippen molar-refractivity contribution in [2.24, 2.45) is 5.73 Å². The largest absolute Gasteiger partial charge is 0.490 e. The number of halogens is 1. The van der Waals surface area contributed by atoms with Crippen LogP contribution in [0.1, 0.15) is 25.3 Å². The molecule has 1 aromatic rings. The first-order chi connectivity index (χ1) is 10.1. The van der Waals surface area contributed by atoms with Crippen LogP contribution in [0.15, 0.2) is 12.1 Å². The molecule has 0 saturated carbocycles. The third-order valence-electron chi connectivity index (χ3n) is 3.45. The Kier molecular flexibility index (Phi) is 6.08. The Morgan fingerprint density at radius 1 is 1.33 bits per heavy atom. The van der Waals surface area contributed by atoms with Crippen molar-refractivity contribution in [2.45, 2.75) is 19.8 Å². The van der Waals surface area contributed by atoms with Crippen molar-refractivity contribution < 1.29 is 9.47 Å². The van der Waals surface area contributed by atoms with E-state index in [1.807, 2.05) is 6.92 Å². The topological polar surface area (TPSA) is 47.7 Å². The molecule has 0 amide bonds. The molecule has 0 radical (unpaired) electrons. The Labute approximate surface area is 136 Å². The lowest BCUT2D eigenvalue weighted by Crippen LogP contribution is -2.25. The van der Waals surface area contributed by atoms with Gasteiger partial charge < -0.3 is 15.2 Å². The first kappa shape index (κ1) is 16.3. The fourth-order valence-corrected chi connectivity index (χ4v) is 2.78. The van der Waals surface area contributed by atoms with Gasteiger partial charge in [0.25, 0.3) is 0 Å². The maximum Gasteiger partial charge on any atom is 0.179 e. The molecule has 6 heteroatoms. The van der Waals surface area contributed by atoms with Crippen LogP contribution in [0.2, 0.25) is 5.02 Å². The summed E-state index contributed by atoms with van der Waals surface area (Å²) in [5.74, 6) is 1.16. The lowest BCUT2D eigenvalue weighted by Gasteiger charge is -2.18. The van der Waals surface area contributed by atoms with Gasteiger partial charge in [0.1, 0.15) is 11.6 Å². The van der Waals surface area contributed by atoms with E-state index in [0.717, 1.165) is 19.6 Å². The molecule has 0 aromatic heterocycles. The zero-order valence-corrected chi connectivity index (χ0v) is 13.8. The lowest BCUT2D eigenvalue weighted by atomic mass is 10.2. The predicted octanol–water partition coefficient (Wildman–Crippen LogP) is 2.85. The van der Waals surface area contributed by atoms with Crippen LogP contribution in [0, 0.1) is 0 Å². The van der Waals surface area contributed by atoms with E-state index in [1.165, 1.54) is 12.8 Å². The van der Waals surface area contributed by atoms with Gasteiger partial charge in [-0.25, -0.2) is 0 Å². The third kappa shape index (κ3) is 4.46. The molecule has 1 aliphatic rings. The van der Waals surface area contributed by atoms with E-state index in [2.05, 4.69) is 4.90 Å². The lowest BCUT2D eigenvalue weighted by molar-refractivity contribution is 0.226. The minimum absolute atomic E-state index is 0.293. The molecule has 0 aliphatic carbocycles. The first-order valence-corrected chi connectivity index (χ1v) is 8.01. The summed E-state index contributed by atoms with van der Waals surface area (Å²) in [6, 6.07) is 3.50. The highest BCUT2D eigenvalue weighted by Crippen LogP contribution is 2.36. The monoisotopic (exact) mass is 328 g/mol. The number of ether oxygens (including phenoxy) is 2. The predicted molar refractivity (Wildman–Crippen MR) is 89.7 cm³/mol. The Bertz CT molecular complexity index is 505. The Hall–Kier alpha value is -1.04. The van der Waals surface area contributed by atoms with Crippen LogP contribution in [-0.4, -0.2) is 42.7 Å². The molecule has 4 nitrogen and oxygen atoms in total. The Morgan fingerprint density at radius 2 is 2.05 bits per heavy atom. The van der Waals surface area contributed by atoms with Gasteiger partial charge in [-0.3, -0.25) is 4.90 Å². The Morgan fingerprint density at radius 3 is 2.67 bits per heavy atom. The van der Waals surface area contributed by atoms with Gasteiger partial charge in [0.05, 0.1) is 11.6 Å². The number of nitrogens with two attached hydrogens (primary N) is 1. The molecule has 2 N–H and O–H groups in total. The van der Waals surface area contributed by atoms with Gasteiger partial charge >= 0.3 is 0 Å². The van der Waals surface area contributed by atoms with E-state index in [1.54, 1.807) is 12.1 Å². The number of nitrogens with zero attached hydrogens (tertiary/aromatic N) is 1. The van der Waals surface area contributed by atoms with Crippen molar-refractivity contribution in [3.8, 4) is 11.5 Å². The molecule has 2 rings (SSSR count).